The molecule has 0 radical (unpaired) electrons. The summed E-state index contributed by atoms with van der Waals surface area (Å²) in [5.74, 6) is 0.183. The molecule has 1 heterocycles. The smallest absolute Gasteiger partial charge is 0.336 e. The molecule has 0 amide bonds. The molecule has 33 heavy (non-hydrogen) atoms. The van der Waals surface area contributed by atoms with Crippen LogP contribution in [0.1, 0.15) is 91.2 Å². The van der Waals surface area contributed by atoms with E-state index >= 15 is 0 Å². The first-order valence-corrected chi connectivity index (χ1v) is 11.9. The molecular weight excluding hydrogens is 414 g/mol. The number of carboxylic acids is 1. The first-order chi connectivity index (χ1) is 16.0. The number of aryl methyl sites for hydroxylation is 1. The first kappa shape index (κ1) is 24.4. The van der Waals surface area contributed by atoms with Gasteiger partial charge in [0.1, 0.15) is 5.82 Å². The molecule has 0 saturated carbocycles. The van der Waals surface area contributed by atoms with Crippen LogP contribution in [-0.4, -0.2) is 31.6 Å². The summed E-state index contributed by atoms with van der Waals surface area (Å²) in [6.07, 6.45) is 7.36. The van der Waals surface area contributed by atoms with Gasteiger partial charge >= 0.3 is 5.97 Å². The SMILES string of the molecule is CCCCCCn1nc(C(=O)CCCC)nc1Cc1ccc(-c2ccccc2C(=O)O)cc1. The second-order valence-electron chi connectivity index (χ2n) is 8.39. The zero-order valence-electron chi connectivity index (χ0n) is 19.6. The second kappa shape index (κ2) is 12.1. The fourth-order valence-corrected chi connectivity index (χ4v) is 3.85. The molecule has 0 unspecified atom stereocenters. The Hall–Kier alpha value is -3.28. The van der Waals surface area contributed by atoms with Crippen LogP contribution in [0.25, 0.3) is 11.1 Å². The Bertz CT molecular complexity index is 1070. The highest BCUT2D eigenvalue weighted by Gasteiger charge is 2.17. The van der Waals surface area contributed by atoms with E-state index in [2.05, 4.69) is 23.9 Å². The predicted octanol–water partition coefficient (Wildman–Crippen LogP) is 6.19. The molecule has 0 fully saturated rings. The predicted molar refractivity (Wildman–Crippen MR) is 130 cm³/mol. The Morgan fingerprint density at radius 3 is 2.33 bits per heavy atom. The van der Waals surface area contributed by atoms with Crippen molar-refractivity contribution in [3.8, 4) is 11.1 Å². The number of aromatic nitrogens is 3. The molecule has 6 nitrogen and oxygen atoms in total. The molecular formula is C27H33N3O3. The second-order valence-corrected chi connectivity index (χ2v) is 8.39. The van der Waals surface area contributed by atoms with Crippen molar-refractivity contribution < 1.29 is 14.7 Å². The van der Waals surface area contributed by atoms with Gasteiger partial charge in [0.05, 0.1) is 5.56 Å². The highest BCUT2D eigenvalue weighted by molar-refractivity contribution is 5.96. The standard InChI is InChI=1S/C27H33N3O3/c1-3-5-7-10-18-30-25(28-26(29-30)24(31)13-6-4-2)19-20-14-16-21(17-15-20)22-11-8-9-12-23(22)27(32)33/h8-9,11-12,14-17H,3-7,10,13,18-19H2,1-2H3,(H,32,33). The van der Waals surface area contributed by atoms with E-state index in [0.717, 1.165) is 49.2 Å². The number of carbonyl (C=O) groups excluding carboxylic acids is 1. The Balaban J connectivity index is 1.80. The molecule has 0 spiro atoms. The number of ketones is 1. The maximum absolute atomic E-state index is 12.5. The Kier molecular flexibility index (Phi) is 8.93. The number of rotatable bonds is 13. The summed E-state index contributed by atoms with van der Waals surface area (Å²) in [6, 6.07) is 14.9. The quantitative estimate of drug-likeness (QED) is 0.249. The van der Waals surface area contributed by atoms with Crippen LogP contribution in [0.4, 0.5) is 0 Å². The summed E-state index contributed by atoms with van der Waals surface area (Å²) >= 11 is 0. The number of aromatic carboxylic acids is 1. The van der Waals surface area contributed by atoms with Gasteiger partial charge in [-0.15, -0.1) is 5.10 Å². The van der Waals surface area contributed by atoms with Crippen molar-refractivity contribution in [2.45, 2.75) is 71.8 Å². The van der Waals surface area contributed by atoms with Gasteiger partial charge in [-0.25, -0.2) is 14.5 Å². The van der Waals surface area contributed by atoms with E-state index in [4.69, 9.17) is 0 Å². The zero-order valence-corrected chi connectivity index (χ0v) is 19.6. The third kappa shape index (κ3) is 6.60. The van der Waals surface area contributed by atoms with Crippen molar-refractivity contribution in [1.29, 1.82) is 0 Å². The minimum Gasteiger partial charge on any atom is -0.478 e. The van der Waals surface area contributed by atoms with E-state index < -0.39 is 5.97 Å². The van der Waals surface area contributed by atoms with Crippen LogP contribution in [0.5, 0.6) is 0 Å². The van der Waals surface area contributed by atoms with Crippen LogP contribution in [0.3, 0.4) is 0 Å². The summed E-state index contributed by atoms with van der Waals surface area (Å²) in [7, 11) is 0. The van der Waals surface area contributed by atoms with Crippen molar-refractivity contribution in [1.82, 2.24) is 14.8 Å². The number of benzene rings is 2. The number of hydrogen-bond acceptors (Lipinski definition) is 4. The minimum atomic E-state index is -0.939. The summed E-state index contributed by atoms with van der Waals surface area (Å²) in [4.78, 5) is 28.6. The molecule has 174 valence electrons. The van der Waals surface area contributed by atoms with Crippen molar-refractivity contribution in [2.24, 2.45) is 0 Å². The minimum absolute atomic E-state index is 0.00559. The summed E-state index contributed by atoms with van der Waals surface area (Å²) < 4.78 is 1.89. The van der Waals surface area contributed by atoms with Gasteiger partial charge < -0.3 is 5.11 Å². The highest BCUT2D eigenvalue weighted by Crippen LogP contribution is 2.25. The summed E-state index contributed by atoms with van der Waals surface area (Å²) in [6.45, 7) is 5.01. The fourth-order valence-electron chi connectivity index (χ4n) is 3.85. The highest BCUT2D eigenvalue weighted by atomic mass is 16.4. The molecule has 1 aromatic heterocycles. The van der Waals surface area contributed by atoms with Gasteiger partial charge in [0.25, 0.3) is 0 Å². The Labute approximate surface area is 195 Å². The number of carboxylic acid groups (broad SMARTS) is 1. The largest absolute Gasteiger partial charge is 0.478 e. The molecule has 0 aliphatic rings. The molecule has 0 aliphatic carbocycles. The Morgan fingerprint density at radius 1 is 0.909 bits per heavy atom. The summed E-state index contributed by atoms with van der Waals surface area (Å²) in [5.41, 5.74) is 2.88. The molecule has 0 atom stereocenters. The lowest BCUT2D eigenvalue weighted by atomic mass is 9.98. The van der Waals surface area contributed by atoms with Gasteiger partial charge in [0.15, 0.2) is 0 Å². The average Bonchev–Trinajstić information content (AvgIpc) is 3.23. The molecule has 0 saturated heterocycles. The van der Waals surface area contributed by atoms with Crippen LogP contribution in [-0.2, 0) is 13.0 Å². The monoisotopic (exact) mass is 447 g/mol. The van der Waals surface area contributed by atoms with Crippen LogP contribution in [0.15, 0.2) is 48.5 Å². The molecule has 3 rings (SSSR count). The van der Waals surface area contributed by atoms with Crippen molar-refractivity contribution >= 4 is 11.8 Å². The fraction of sp³-hybridized carbons (Fsp3) is 0.407. The van der Waals surface area contributed by atoms with Crippen LogP contribution < -0.4 is 0 Å². The van der Waals surface area contributed by atoms with E-state index in [1.807, 2.05) is 41.1 Å². The van der Waals surface area contributed by atoms with Crippen molar-refractivity contribution in [3.05, 3.63) is 71.3 Å². The van der Waals surface area contributed by atoms with E-state index in [1.165, 1.54) is 12.8 Å². The van der Waals surface area contributed by atoms with Gasteiger partial charge in [0.2, 0.25) is 11.6 Å². The number of hydrogen-bond donors (Lipinski definition) is 1. The van der Waals surface area contributed by atoms with Crippen molar-refractivity contribution in [3.63, 3.8) is 0 Å². The number of carbonyl (C=O) groups is 2. The number of nitrogens with zero attached hydrogens (tertiary/aromatic N) is 3. The van der Waals surface area contributed by atoms with E-state index in [9.17, 15) is 14.7 Å². The van der Waals surface area contributed by atoms with Crippen LogP contribution in [0.2, 0.25) is 0 Å². The lowest BCUT2D eigenvalue weighted by molar-refractivity contribution is 0.0697. The lowest BCUT2D eigenvalue weighted by Gasteiger charge is -2.08. The van der Waals surface area contributed by atoms with E-state index in [1.54, 1.807) is 12.1 Å². The van der Waals surface area contributed by atoms with Gasteiger partial charge in [-0.3, -0.25) is 4.79 Å². The maximum Gasteiger partial charge on any atom is 0.336 e. The van der Waals surface area contributed by atoms with Gasteiger partial charge in [-0.1, -0.05) is 82.0 Å². The molecule has 1 N–H and O–H groups in total. The van der Waals surface area contributed by atoms with Gasteiger partial charge in [0, 0.05) is 19.4 Å². The molecule has 6 heteroatoms. The number of unbranched alkanes of at least 4 members (excludes halogenated alkanes) is 4. The molecule has 0 aliphatic heterocycles. The van der Waals surface area contributed by atoms with Gasteiger partial charge in [-0.05, 0) is 35.6 Å². The van der Waals surface area contributed by atoms with Crippen molar-refractivity contribution in [2.75, 3.05) is 0 Å². The first-order valence-electron chi connectivity index (χ1n) is 11.9. The maximum atomic E-state index is 12.5. The number of Topliss-reactive ketones (excluding diaryl/α,β-unsaturated/α-hetero) is 1. The van der Waals surface area contributed by atoms with E-state index in [-0.39, 0.29) is 11.3 Å². The molecule has 2 aromatic carbocycles. The van der Waals surface area contributed by atoms with E-state index in [0.29, 0.717) is 24.2 Å². The van der Waals surface area contributed by atoms with Crippen LogP contribution in [0, 0.1) is 0 Å². The third-order valence-corrected chi connectivity index (χ3v) is 5.76. The lowest BCUT2D eigenvalue weighted by Crippen LogP contribution is -2.07. The Morgan fingerprint density at radius 2 is 1.64 bits per heavy atom. The van der Waals surface area contributed by atoms with Crippen LogP contribution >= 0.6 is 0 Å². The molecule has 0 bridgehead atoms. The average molecular weight is 448 g/mol. The van der Waals surface area contributed by atoms with Gasteiger partial charge in [-0.2, -0.15) is 0 Å². The molecule has 3 aromatic rings. The zero-order chi connectivity index (χ0) is 23.6. The third-order valence-electron chi connectivity index (χ3n) is 5.76. The topological polar surface area (TPSA) is 85.1 Å². The summed E-state index contributed by atoms with van der Waals surface area (Å²) in [5, 5.41) is 14.0. The normalized spacial score (nSPS) is 11.0.